The van der Waals surface area contributed by atoms with Crippen molar-refractivity contribution in [2.75, 3.05) is 13.2 Å². The van der Waals surface area contributed by atoms with Gasteiger partial charge in [-0.2, -0.15) is 0 Å². The van der Waals surface area contributed by atoms with Crippen LogP contribution in [0.1, 0.15) is 335 Å². The van der Waals surface area contributed by atoms with Crippen molar-refractivity contribution in [3.63, 3.8) is 0 Å². The molecule has 0 aromatic heterocycles. The molecule has 0 aliphatic carbocycles. The van der Waals surface area contributed by atoms with Crippen molar-refractivity contribution in [3.8, 4) is 0 Å². The minimum Gasteiger partial charge on any atom is -0.394 e. The van der Waals surface area contributed by atoms with Crippen LogP contribution >= 0.6 is 0 Å². The monoisotopic (exact) mass is 1090 g/mol. The van der Waals surface area contributed by atoms with Gasteiger partial charge in [-0.15, -0.1) is 0 Å². The second-order valence-electron chi connectivity index (χ2n) is 23.6. The first-order valence-corrected chi connectivity index (χ1v) is 33.7. The molecule has 1 fully saturated rings. The number of carbonyl (C=O) groups is 1. The third-order valence-electron chi connectivity index (χ3n) is 16.2. The molecule has 0 bridgehead atoms. The van der Waals surface area contributed by atoms with Gasteiger partial charge in [0.2, 0.25) is 5.91 Å². The number of rotatable bonds is 59. The van der Waals surface area contributed by atoms with E-state index in [-0.39, 0.29) is 12.5 Å². The van der Waals surface area contributed by atoms with E-state index in [0.29, 0.717) is 6.42 Å². The van der Waals surface area contributed by atoms with Gasteiger partial charge in [0.05, 0.1) is 25.4 Å². The minimum absolute atomic E-state index is 0.180. The Hall–Kier alpha value is -1.59. The summed E-state index contributed by atoms with van der Waals surface area (Å²) >= 11 is 0. The molecule has 1 aliphatic heterocycles. The minimum atomic E-state index is -1.57. The zero-order valence-corrected chi connectivity index (χ0v) is 50.7. The molecule has 1 saturated heterocycles. The summed E-state index contributed by atoms with van der Waals surface area (Å²) in [5.41, 5.74) is 0. The molecule has 0 aromatic rings. The molecular formula is C68H129NO8. The Morgan fingerprint density at radius 3 is 1.09 bits per heavy atom. The lowest BCUT2D eigenvalue weighted by Crippen LogP contribution is -2.60. The lowest BCUT2D eigenvalue weighted by atomic mass is 9.99. The van der Waals surface area contributed by atoms with Crippen LogP contribution in [0.4, 0.5) is 0 Å². The quantitative estimate of drug-likeness (QED) is 0.0261. The smallest absolute Gasteiger partial charge is 0.220 e. The molecule has 454 valence electrons. The predicted molar refractivity (Wildman–Crippen MR) is 327 cm³/mol. The molecule has 0 radical (unpaired) electrons. The van der Waals surface area contributed by atoms with Gasteiger partial charge in [0.25, 0.3) is 0 Å². The van der Waals surface area contributed by atoms with Crippen LogP contribution in [-0.4, -0.2) is 87.5 Å². The van der Waals surface area contributed by atoms with E-state index in [4.69, 9.17) is 9.47 Å². The van der Waals surface area contributed by atoms with E-state index in [9.17, 15) is 30.3 Å². The highest BCUT2D eigenvalue weighted by molar-refractivity contribution is 5.76. The third kappa shape index (κ3) is 46.7. The molecule has 1 amide bonds. The van der Waals surface area contributed by atoms with Crippen molar-refractivity contribution in [2.45, 2.75) is 378 Å². The van der Waals surface area contributed by atoms with Crippen LogP contribution in [0.15, 0.2) is 36.5 Å². The maximum absolute atomic E-state index is 13.1. The summed E-state index contributed by atoms with van der Waals surface area (Å²) < 4.78 is 11.3. The van der Waals surface area contributed by atoms with Gasteiger partial charge in [-0.1, -0.05) is 307 Å². The Bertz CT molecular complexity index is 1310. The zero-order chi connectivity index (χ0) is 55.8. The summed E-state index contributed by atoms with van der Waals surface area (Å²) in [6.45, 7) is 3.80. The molecule has 7 unspecified atom stereocenters. The van der Waals surface area contributed by atoms with Crippen LogP contribution in [0.2, 0.25) is 0 Å². The van der Waals surface area contributed by atoms with E-state index in [1.54, 1.807) is 6.08 Å². The lowest BCUT2D eigenvalue weighted by molar-refractivity contribution is -0.302. The van der Waals surface area contributed by atoms with Gasteiger partial charge < -0.3 is 40.3 Å². The first kappa shape index (κ1) is 73.4. The van der Waals surface area contributed by atoms with Gasteiger partial charge in [-0.05, 0) is 57.8 Å². The summed E-state index contributed by atoms with van der Waals surface area (Å²) in [6.07, 6.45) is 69.7. The number of allylic oxidation sites excluding steroid dienone is 5. The summed E-state index contributed by atoms with van der Waals surface area (Å²) in [7, 11) is 0. The first-order valence-electron chi connectivity index (χ1n) is 33.7. The molecule has 9 heteroatoms. The number of nitrogens with one attached hydrogen (secondary N) is 1. The Kier molecular flexibility index (Phi) is 55.0. The second kappa shape index (κ2) is 57.6. The number of unbranched alkanes of at least 4 members (excludes halogenated alkanes) is 45. The Balaban J connectivity index is 2.10. The Morgan fingerprint density at radius 2 is 0.740 bits per heavy atom. The van der Waals surface area contributed by atoms with E-state index in [1.165, 1.54) is 276 Å². The number of hydrogen-bond donors (Lipinski definition) is 6. The molecule has 77 heavy (non-hydrogen) atoms. The van der Waals surface area contributed by atoms with Gasteiger partial charge >= 0.3 is 0 Å². The maximum Gasteiger partial charge on any atom is 0.220 e. The van der Waals surface area contributed by atoms with Crippen molar-refractivity contribution >= 4 is 5.91 Å². The molecule has 0 aromatic carbocycles. The fourth-order valence-electron chi connectivity index (χ4n) is 10.9. The van der Waals surface area contributed by atoms with Crippen LogP contribution in [0.3, 0.4) is 0 Å². The lowest BCUT2D eigenvalue weighted by Gasteiger charge is -2.40. The van der Waals surface area contributed by atoms with Crippen LogP contribution in [0.5, 0.6) is 0 Å². The number of aliphatic hydroxyl groups is 5. The molecule has 7 atom stereocenters. The van der Waals surface area contributed by atoms with Crippen molar-refractivity contribution in [1.29, 1.82) is 0 Å². The van der Waals surface area contributed by atoms with E-state index in [0.717, 1.165) is 38.5 Å². The fourth-order valence-corrected chi connectivity index (χ4v) is 10.9. The van der Waals surface area contributed by atoms with E-state index >= 15 is 0 Å². The molecular weight excluding hydrogens is 959 g/mol. The van der Waals surface area contributed by atoms with E-state index in [1.807, 2.05) is 6.08 Å². The molecule has 6 N–H and O–H groups in total. The topological polar surface area (TPSA) is 149 Å². The SMILES string of the molecule is CCCCCCCCCC/C=C\CCCCCCCCCCCCCCCCCCCCCCCCCC(=O)NC(COC1OC(CO)C(O)C(O)C1O)C(O)/C=C/CC/C=C/CCCCCCCCCCCCCCC. The van der Waals surface area contributed by atoms with Gasteiger partial charge in [-0.25, -0.2) is 0 Å². The van der Waals surface area contributed by atoms with Crippen LogP contribution in [0, 0.1) is 0 Å². The summed E-state index contributed by atoms with van der Waals surface area (Å²) in [5, 5.41) is 54.6. The van der Waals surface area contributed by atoms with Crippen LogP contribution in [-0.2, 0) is 14.3 Å². The van der Waals surface area contributed by atoms with Gasteiger partial charge in [-0.3, -0.25) is 4.79 Å². The van der Waals surface area contributed by atoms with Crippen molar-refractivity contribution < 1.29 is 39.8 Å². The molecule has 9 nitrogen and oxygen atoms in total. The largest absolute Gasteiger partial charge is 0.394 e. The Labute approximate surface area is 476 Å². The number of ether oxygens (including phenoxy) is 2. The Morgan fingerprint density at radius 1 is 0.429 bits per heavy atom. The van der Waals surface area contributed by atoms with Gasteiger partial charge in [0.15, 0.2) is 6.29 Å². The number of aliphatic hydroxyl groups excluding tert-OH is 5. The predicted octanol–water partition coefficient (Wildman–Crippen LogP) is 17.9. The molecule has 0 spiro atoms. The van der Waals surface area contributed by atoms with Gasteiger partial charge in [0, 0.05) is 6.42 Å². The normalized spacial score (nSPS) is 18.9. The molecule has 0 saturated carbocycles. The number of carbonyl (C=O) groups excluding carboxylic acids is 1. The molecule has 1 heterocycles. The van der Waals surface area contributed by atoms with Crippen molar-refractivity contribution in [3.05, 3.63) is 36.5 Å². The van der Waals surface area contributed by atoms with Crippen molar-refractivity contribution in [2.24, 2.45) is 0 Å². The average Bonchev–Trinajstić information content (AvgIpc) is 3.43. The highest BCUT2D eigenvalue weighted by Crippen LogP contribution is 2.23. The summed E-state index contributed by atoms with van der Waals surface area (Å²) in [6, 6.07) is -0.820. The van der Waals surface area contributed by atoms with Crippen LogP contribution in [0.25, 0.3) is 0 Å². The number of hydrogen-bond acceptors (Lipinski definition) is 8. The van der Waals surface area contributed by atoms with Crippen molar-refractivity contribution in [1.82, 2.24) is 5.32 Å². The average molecular weight is 1090 g/mol. The van der Waals surface area contributed by atoms with Crippen LogP contribution < -0.4 is 5.32 Å². The maximum atomic E-state index is 13.1. The third-order valence-corrected chi connectivity index (χ3v) is 16.2. The molecule has 1 aliphatic rings. The highest BCUT2D eigenvalue weighted by atomic mass is 16.7. The van der Waals surface area contributed by atoms with E-state index in [2.05, 4.69) is 43.5 Å². The summed E-state index contributed by atoms with van der Waals surface area (Å²) in [5.74, 6) is -0.180. The second-order valence-corrected chi connectivity index (χ2v) is 23.6. The standard InChI is InChI=1S/C68H129NO8/c1-3-5-7-9-11-13-15-17-19-21-23-24-25-26-27-28-29-30-31-32-33-34-35-36-37-38-40-42-44-46-48-50-52-54-56-58-64(72)69-61(60-76-68-67(75)66(74)65(73)63(59-70)77-68)62(71)57-55-53-51-49-47-45-43-41-39-22-20-18-16-14-12-10-8-6-4-2/h21,23,47,49,55,57,61-63,65-68,70-71,73-75H,3-20,22,24-46,48,50-54,56,58-60H2,1-2H3,(H,69,72)/b23-21-,49-47+,57-55+. The zero-order valence-electron chi connectivity index (χ0n) is 50.7. The fraction of sp³-hybridized carbons (Fsp3) is 0.897. The van der Waals surface area contributed by atoms with Gasteiger partial charge in [0.1, 0.15) is 24.4 Å². The highest BCUT2D eigenvalue weighted by Gasteiger charge is 2.44. The molecule has 1 rings (SSSR count). The summed E-state index contributed by atoms with van der Waals surface area (Å²) in [4.78, 5) is 13.1. The number of amides is 1. The first-order chi connectivity index (χ1) is 37.8. The van der Waals surface area contributed by atoms with E-state index < -0.39 is 49.5 Å².